The number of carbonyl (C=O) groups is 2. The van der Waals surface area contributed by atoms with Gasteiger partial charge in [-0.2, -0.15) is 0 Å². The Kier molecular flexibility index (Phi) is 5.58. The van der Waals surface area contributed by atoms with Crippen molar-refractivity contribution in [1.82, 2.24) is 0 Å². The van der Waals surface area contributed by atoms with Gasteiger partial charge < -0.3 is 14.9 Å². The van der Waals surface area contributed by atoms with E-state index in [0.717, 1.165) is 0 Å². The normalized spacial score (nSPS) is 10.1. The number of hydrogen-bond donors (Lipinski definition) is 2. The number of carbonyl (C=O) groups excluding carboxylic acids is 1. The standard InChI is InChI=1S/C14H15ClO5/c1-8(2)14(19)20-7-3-4-9-10(13(17)18)5-6-11(16)12(9)15/h5-6,16H,1,3-4,7H2,2H3,(H,17,18). The second-order valence-electron chi connectivity index (χ2n) is 4.25. The summed E-state index contributed by atoms with van der Waals surface area (Å²) in [6.07, 6.45) is 0.667. The van der Waals surface area contributed by atoms with Crippen LogP contribution in [0.1, 0.15) is 29.3 Å². The summed E-state index contributed by atoms with van der Waals surface area (Å²) in [4.78, 5) is 22.2. The fourth-order valence-corrected chi connectivity index (χ4v) is 1.85. The SMILES string of the molecule is C=C(C)C(=O)OCCCc1c(C(=O)O)ccc(O)c1Cl. The van der Waals surface area contributed by atoms with Gasteiger partial charge in [-0.15, -0.1) is 0 Å². The van der Waals surface area contributed by atoms with E-state index in [1.54, 1.807) is 0 Å². The number of ether oxygens (including phenoxy) is 1. The van der Waals surface area contributed by atoms with Gasteiger partial charge in [0.2, 0.25) is 0 Å². The average Bonchev–Trinajstić information content (AvgIpc) is 2.38. The fourth-order valence-electron chi connectivity index (χ4n) is 1.59. The van der Waals surface area contributed by atoms with Crippen LogP contribution in [-0.4, -0.2) is 28.8 Å². The quantitative estimate of drug-likeness (QED) is 0.479. The Balaban J connectivity index is 2.72. The van der Waals surface area contributed by atoms with Crippen molar-refractivity contribution in [2.75, 3.05) is 6.61 Å². The summed E-state index contributed by atoms with van der Waals surface area (Å²) < 4.78 is 4.90. The molecule has 0 bridgehead atoms. The number of phenols is 1. The second kappa shape index (κ2) is 6.96. The topological polar surface area (TPSA) is 83.8 Å². The molecule has 0 amide bonds. The highest BCUT2D eigenvalue weighted by atomic mass is 35.5. The summed E-state index contributed by atoms with van der Waals surface area (Å²) in [6, 6.07) is 2.52. The van der Waals surface area contributed by atoms with E-state index < -0.39 is 11.9 Å². The zero-order valence-corrected chi connectivity index (χ0v) is 11.7. The molecule has 1 aromatic carbocycles. The van der Waals surface area contributed by atoms with E-state index in [1.165, 1.54) is 19.1 Å². The molecule has 6 heteroatoms. The first kappa shape index (κ1) is 16.0. The number of hydrogen-bond acceptors (Lipinski definition) is 4. The van der Waals surface area contributed by atoms with Crippen LogP contribution in [0.3, 0.4) is 0 Å². The first-order chi connectivity index (χ1) is 9.34. The third-order valence-corrected chi connectivity index (χ3v) is 3.03. The molecule has 0 aliphatic heterocycles. The predicted octanol–water partition coefficient (Wildman–Crippen LogP) is 2.80. The van der Waals surface area contributed by atoms with E-state index in [2.05, 4.69) is 6.58 Å². The highest BCUT2D eigenvalue weighted by Crippen LogP contribution is 2.30. The molecule has 0 spiro atoms. The Morgan fingerprint density at radius 3 is 2.60 bits per heavy atom. The fraction of sp³-hybridized carbons (Fsp3) is 0.286. The molecule has 0 radical (unpaired) electrons. The monoisotopic (exact) mass is 298 g/mol. The van der Waals surface area contributed by atoms with E-state index in [9.17, 15) is 14.7 Å². The molecule has 0 aromatic heterocycles. The number of carboxylic acids is 1. The minimum Gasteiger partial charge on any atom is -0.506 e. The van der Waals surface area contributed by atoms with Crippen LogP contribution in [0.5, 0.6) is 5.75 Å². The first-order valence-electron chi connectivity index (χ1n) is 5.91. The van der Waals surface area contributed by atoms with Crippen molar-refractivity contribution in [2.24, 2.45) is 0 Å². The molecule has 20 heavy (non-hydrogen) atoms. The van der Waals surface area contributed by atoms with Gasteiger partial charge in [-0.25, -0.2) is 9.59 Å². The molecule has 108 valence electrons. The molecule has 0 aliphatic rings. The van der Waals surface area contributed by atoms with E-state index >= 15 is 0 Å². The zero-order chi connectivity index (χ0) is 15.3. The largest absolute Gasteiger partial charge is 0.506 e. The van der Waals surface area contributed by atoms with Crippen molar-refractivity contribution in [3.63, 3.8) is 0 Å². The lowest BCUT2D eigenvalue weighted by Crippen LogP contribution is -2.08. The molecule has 0 saturated carbocycles. The number of aromatic carboxylic acids is 1. The molecular weight excluding hydrogens is 284 g/mol. The Morgan fingerprint density at radius 1 is 1.40 bits per heavy atom. The van der Waals surface area contributed by atoms with Crippen molar-refractivity contribution in [2.45, 2.75) is 19.8 Å². The van der Waals surface area contributed by atoms with Crippen LogP contribution in [0.2, 0.25) is 5.02 Å². The Hall–Kier alpha value is -2.01. The van der Waals surface area contributed by atoms with Gasteiger partial charge in [0.15, 0.2) is 0 Å². The molecule has 0 aliphatic carbocycles. The average molecular weight is 299 g/mol. The number of phenolic OH excluding ortho intramolecular Hbond substituents is 1. The smallest absolute Gasteiger partial charge is 0.336 e. The summed E-state index contributed by atoms with van der Waals surface area (Å²) in [5.74, 6) is -1.79. The minimum absolute atomic E-state index is 0.0103. The highest BCUT2D eigenvalue weighted by Gasteiger charge is 2.16. The molecule has 0 atom stereocenters. The minimum atomic E-state index is -1.12. The molecule has 0 heterocycles. The van der Waals surface area contributed by atoms with Crippen molar-refractivity contribution in [1.29, 1.82) is 0 Å². The van der Waals surface area contributed by atoms with Crippen molar-refractivity contribution >= 4 is 23.5 Å². The Morgan fingerprint density at radius 2 is 2.05 bits per heavy atom. The number of carboxylic acid groups (broad SMARTS) is 1. The third kappa shape index (κ3) is 3.99. The first-order valence-corrected chi connectivity index (χ1v) is 6.28. The van der Waals surface area contributed by atoms with Gasteiger partial charge in [-0.05, 0) is 37.5 Å². The molecule has 0 fully saturated rings. The van der Waals surface area contributed by atoms with E-state index in [4.69, 9.17) is 21.4 Å². The summed E-state index contributed by atoms with van der Waals surface area (Å²) in [5.41, 5.74) is 0.649. The summed E-state index contributed by atoms with van der Waals surface area (Å²) in [6.45, 7) is 5.11. The van der Waals surface area contributed by atoms with Crippen molar-refractivity contribution in [3.8, 4) is 5.75 Å². The molecule has 1 rings (SSSR count). The summed E-state index contributed by atoms with van der Waals surface area (Å²) in [5, 5.41) is 18.6. The Bertz CT molecular complexity index is 551. The van der Waals surface area contributed by atoms with Gasteiger partial charge in [0.25, 0.3) is 0 Å². The molecular formula is C14H15ClO5. The van der Waals surface area contributed by atoms with Crippen LogP contribution >= 0.6 is 11.6 Å². The second-order valence-corrected chi connectivity index (χ2v) is 4.63. The van der Waals surface area contributed by atoms with Crippen LogP contribution in [-0.2, 0) is 16.0 Å². The van der Waals surface area contributed by atoms with E-state index in [1.807, 2.05) is 0 Å². The molecule has 5 nitrogen and oxygen atoms in total. The number of rotatable bonds is 6. The van der Waals surface area contributed by atoms with Crippen LogP contribution in [0.15, 0.2) is 24.3 Å². The number of esters is 1. The van der Waals surface area contributed by atoms with Gasteiger partial charge in [0.1, 0.15) is 5.75 Å². The molecule has 1 aromatic rings. The maximum atomic E-state index is 11.2. The van der Waals surface area contributed by atoms with Crippen molar-refractivity contribution in [3.05, 3.63) is 40.4 Å². The van der Waals surface area contributed by atoms with Gasteiger partial charge in [-0.1, -0.05) is 18.2 Å². The highest BCUT2D eigenvalue weighted by molar-refractivity contribution is 6.33. The van der Waals surface area contributed by atoms with Gasteiger partial charge >= 0.3 is 11.9 Å². The summed E-state index contributed by atoms with van der Waals surface area (Å²) >= 11 is 5.90. The maximum absolute atomic E-state index is 11.2. The van der Waals surface area contributed by atoms with E-state index in [-0.39, 0.29) is 29.4 Å². The zero-order valence-electron chi connectivity index (χ0n) is 11.0. The van der Waals surface area contributed by atoms with Crippen LogP contribution < -0.4 is 0 Å². The molecule has 0 saturated heterocycles. The van der Waals surface area contributed by atoms with Gasteiger partial charge in [0, 0.05) is 5.57 Å². The lowest BCUT2D eigenvalue weighted by Gasteiger charge is -2.10. The van der Waals surface area contributed by atoms with Crippen LogP contribution in [0.25, 0.3) is 0 Å². The lowest BCUT2D eigenvalue weighted by molar-refractivity contribution is -0.139. The van der Waals surface area contributed by atoms with Crippen LogP contribution in [0.4, 0.5) is 0 Å². The number of aromatic hydroxyl groups is 1. The van der Waals surface area contributed by atoms with Gasteiger partial charge in [0.05, 0.1) is 17.2 Å². The molecule has 0 unspecified atom stereocenters. The molecule has 2 N–H and O–H groups in total. The predicted molar refractivity (Wildman–Crippen MR) is 74.2 cm³/mol. The van der Waals surface area contributed by atoms with Gasteiger partial charge in [-0.3, -0.25) is 0 Å². The van der Waals surface area contributed by atoms with Crippen molar-refractivity contribution < 1.29 is 24.5 Å². The number of benzene rings is 1. The Labute approximate surface area is 121 Å². The lowest BCUT2D eigenvalue weighted by atomic mass is 10.0. The third-order valence-electron chi connectivity index (χ3n) is 2.61. The van der Waals surface area contributed by atoms with E-state index in [0.29, 0.717) is 17.6 Å². The van der Waals surface area contributed by atoms with Crippen LogP contribution in [0, 0.1) is 0 Å². The maximum Gasteiger partial charge on any atom is 0.336 e. The number of halogens is 1. The summed E-state index contributed by atoms with van der Waals surface area (Å²) in [7, 11) is 0.